The largest absolute Gasteiger partial charge is 0.311 e. The molecule has 92 valence electrons. The topological polar surface area (TPSA) is 15.3 Å². The summed E-state index contributed by atoms with van der Waals surface area (Å²) in [4.78, 5) is 3.83. The first-order valence-corrected chi connectivity index (χ1v) is 6.98. The normalized spacial score (nSPS) is 11.6. The molecule has 0 amide bonds. The van der Waals surface area contributed by atoms with Crippen LogP contribution in [0.1, 0.15) is 25.1 Å². The average Bonchev–Trinajstić information content (AvgIpc) is 2.74. The lowest BCUT2D eigenvalue weighted by Crippen LogP contribution is -2.30. The van der Waals surface area contributed by atoms with Crippen LogP contribution >= 0.6 is 11.3 Å². The van der Waals surface area contributed by atoms with Crippen LogP contribution < -0.4 is 5.32 Å². The summed E-state index contributed by atoms with van der Waals surface area (Å²) in [5.41, 5.74) is 0. The molecule has 1 rings (SSSR count). The smallest absolute Gasteiger partial charge is 0.0300 e. The zero-order valence-electron chi connectivity index (χ0n) is 10.7. The van der Waals surface area contributed by atoms with E-state index in [2.05, 4.69) is 48.6 Å². The van der Waals surface area contributed by atoms with Gasteiger partial charge in [0, 0.05) is 24.5 Å². The molecule has 0 saturated heterocycles. The van der Waals surface area contributed by atoms with Crippen molar-refractivity contribution in [1.29, 1.82) is 0 Å². The highest BCUT2D eigenvalue weighted by atomic mass is 32.1. The first-order valence-electron chi connectivity index (χ1n) is 6.10. The number of nitrogens with one attached hydrogen (secondary N) is 1. The third-order valence-electron chi connectivity index (χ3n) is 2.64. The molecule has 0 fully saturated rings. The van der Waals surface area contributed by atoms with E-state index in [-0.39, 0.29) is 0 Å². The molecular formula is C13H24N2S. The molecule has 1 N–H and O–H groups in total. The van der Waals surface area contributed by atoms with Crippen LogP contribution in [-0.4, -0.2) is 31.6 Å². The van der Waals surface area contributed by atoms with Crippen LogP contribution in [0.15, 0.2) is 17.5 Å². The lowest BCUT2D eigenvalue weighted by molar-refractivity contribution is 0.309. The number of hydrogen-bond donors (Lipinski definition) is 1. The van der Waals surface area contributed by atoms with Crippen LogP contribution in [0.5, 0.6) is 0 Å². The van der Waals surface area contributed by atoms with Crippen LogP contribution in [0.2, 0.25) is 0 Å². The first kappa shape index (κ1) is 13.7. The SMILES string of the molecule is CC(C)CCN(C)CCNCc1cccs1. The molecule has 0 unspecified atom stereocenters. The minimum Gasteiger partial charge on any atom is -0.311 e. The number of thiophene rings is 1. The summed E-state index contributed by atoms with van der Waals surface area (Å²) >= 11 is 1.82. The van der Waals surface area contributed by atoms with Crippen LogP contribution in [0.4, 0.5) is 0 Å². The summed E-state index contributed by atoms with van der Waals surface area (Å²) in [6, 6.07) is 4.29. The predicted molar refractivity (Wildman–Crippen MR) is 73.0 cm³/mol. The Morgan fingerprint density at radius 2 is 2.19 bits per heavy atom. The molecule has 0 saturated carbocycles. The van der Waals surface area contributed by atoms with Crippen LogP contribution in [0.25, 0.3) is 0 Å². The van der Waals surface area contributed by atoms with Crippen molar-refractivity contribution in [2.24, 2.45) is 5.92 Å². The minimum absolute atomic E-state index is 0.807. The second kappa shape index (κ2) is 7.82. The minimum atomic E-state index is 0.807. The highest BCUT2D eigenvalue weighted by Crippen LogP contribution is 2.07. The van der Waals surface area contributed by atoms with Gasteiger partial charge in [-0.1, -0.05) is 19.9 Å². The Morgan fingerprint density at radius 3 is 2.81 bits per heavy atom. The Bertz CT molecular complexity index is 257. The highest BCUT2D eigenvalue weighted by molar-refractivity contribution is 7.09. The van der Waals surface area contributed by atoms with Crippen molar-refractivity contribution in [3.8, 4) is 0 Å². The lowest BCUT2D eigenvalue weighted by Gasteiger charge is -2.17. The molecule has 1 aromatic rings. The van der Waals surface area contributed by atoms with E-state index in [1.54, 1.807) is 0 Å². The molecule has 2 nitrogen and oxygen atoms in total. The molecule has 0 bridgehead atoms. The van der Waals surface area contributed by atoms with Gasteiger partial charge in [-0.05, 0) is 37.4 Å². The maximum absolute atomic E-state index is 3.48. The molecule has 0 aliphatic carbocycles. The van der Waals surface area contributed by atoms with Gasteiger partial charge in [-0.15, -0.1) is 11.3 Å². The van der Waals surface area contributed by atoms with Gasteiger partial charge in [-0.2, -0.15) is 0 Å². The van der Waals surface area contributed by atoms with E-state index in [9.17, 15) is 0 Å². The zero-order valence-corrected chi connectivity index (χ0v) is 11.5. The third kappa shape index (κ3) is 6.26. The van der Waals surface area contributed by atoms with Crippen molar-refractivity contribution in [3.63, 3.8) is 0 Å². The molecule has 0 atom stereocenters. The van der Waals surface area contributed by atoms with Gasteiger partial charge in [0.15, 0.2) is 0 Å². The summed E-state index contributed by atoms with van der Waals surface area (Å²) in [6.07, 6.45) is 1.29. The second-order valence-corrected chi connectivity index (χ2v) is 5.77. The molecule has 1 aromatic heterocycles. The van der Waals surface area contributed by atoms with Gasteiger partial charge in [0.05, 0.1) is 0 Å². The fourth-order valence-corrected chi connectivity index (χ4v) is 2.16. The summed E-state index contributed by atoms with van der Waals surface area (Å²) < 4.78 is 0. The van der Waals surface area contributed by atoms with Crippen LogP contribution in [0.3, 0.4) is 0 Å². The number of hydrogen-bond acceptors (Lipinski definition) is 3. The summed E-state index contributed by atoms with van der Waals surface area (Å²) in [7, 11) is 2.20. The molecule has 3 heteroatoms. The molecule has 0 radical (unpaired) electrons. The maximum atomic E-state index is 3.48. The van der Waals surface area contributed by atoms with Crippen molar-refractivity contribution in [2.45, 2.75) is 26.8 Å². The first-order chi connectivity index (χ1) is 7.68. The fourth-order valence-electron chi connectivity index (χ4n) is 1.49. The lowest BCUT2D eigenvalue weighted by atomic mass is 10.1. The van der Waals surface area contributed by atoms with Crippen molar-refractivity contribution in [1.82, 2.24) is 10.2 Å². The molecule has 0 aliphatic rings. The van der Waals surface area contributed by atoms with E-state index in [0.717, 1.165) is 25.6 Å². The van der Waals surface area contributed by atoms with Crippen LogP contribution in [0, 0.1) is 5.92 Å². The van der Waals surface area contributed by atoms with Crippen molar-refractivity contribution < 1.29 is 0 Å². The Balaban J connectivity index is 1.98. The Morgan fingerprint density at radius 1 is 1.38 bits per heavy atom. The molecule has 16 heavy (non-hydrogen) atoms. The van der Waals surface area contributed by atoms with E-state index < -0.39 is 0 Å². The maximum Gasteiger partial charge on any atom is 0.0300 e. The van der Waals surface area contributed by atoms with Crippen molar-refractivity contribution in [2.75, 3.05) is 26.7 Å². The Labute approximate surface area is 104 Å². The Kier molecular flexibility index (Phi) is 6.69. The average molecular weight is 240 g/mol. The van der Waals surface area contributed by atoms with E-state index >= 15 is 0 Å². The second-order valence-electron chi connectivity index (χ2n) is 4.74. The van der Waals surface area contributed by atoms with E-state index in [4.69, 9.17) is 0 Å². The van der Waals surface area contributed by atoms with E-state index in [0.29, 0.717) is 0 Å². The van der Waals surface area contributed by atoms with Gasteiger partial charge in [0.1, 0.15) is 0 Å². The van der Waals surface area contributed by atoms with Crippen molar-refractivity contribution in [3.05, 3.63) is 22.4 Å². The monoisotopic (exact) mass is 240 g/mol. The van der Waals surface area contributed by atoms with Crippen LogP contribution in [-0.2, 0) is 6.54 Å². The standard InChI is InChI=1S/C13H24N2S/c1-12(2)6-8-15(3)9-7-14-11-13-5-4-10-16-13/h4-5,10,12,14H,6-9,11H2,1-3H3. The molecular weight excluding hydrogens is 216 g/mol. The quantitative estimate of drug-likeness (QED) is 0.703. The molecule has 0 spiro atoms. The third-order valence-corrected chi connectivity index (χ3v) is 3.51. The fraction of sp³-hybridized carbons (Fsp3) is 0.692. The van der Waals surface area contributed by atoms with Crippen molar-refractivity contribution >= 4 is 11.3 Å². The molecule has 0 aromatic carbocycles. The van der Waals surface area contributed by atoms with Gasteiger partial charge >= 0.3 is 0 Å². The Hall–Kier alpha value is -0.380. The summed E-state index contributed by atoms with van der Waals surface area (Å²) in [6.45, 7) is 8.99. The molecule has 0 aliphatic heterocycles. The van der Waals surface area contributed by atoms with Gasteiger partial charge in [0.2, 0.25) is 0 Å². The van der Waals surface area contributed by atoms with Gasteiger partial charge in [-0.25, -0.2) is 0 Å². The van der Waals surface area contributed by atoms with E-state index in [1.807, 2.05) is 11.3 Å². The summed E-state index contributed by atoms with van der Waals surface area (Å²) in [5.74, 6) is 0.807. The zero-order chi connectivity index (χ0) is 11.8. The van der Waals surface area contributed by atoms with Gasteiger partial charge in [0.25, 0.3) is 0 Å². The number of rotatable bonds is 8. The highest BCUT2D eigenvalue weighted by Gasteiger charge is 2.00. The molecule has 1 heterocycles. The predicted octanol–water partition coefficient (Wildman–Crippen LogP) is 2.82. The van der Waals surface area contributed by atoms with Gasteiger partial charge in [-0.3, -0.25) is 0 Å². The summed E-state index contributed by atoms with van der Waals surface area (Å²) in [5, 5.41) is 5.61. The number of likely N-dealkylation sites (N-methyl/N-ethyl adjacent to an activating group) is 1. The van der Waals surface area contributed by atoms with E-state index in [1.165, 1.54) is 17.8 Å². The number of nitrogens with zero attached hydrogens (tertiary/aromatic N) is 1. The van der Waals surface area contributed by atoms with Gasteiger partial charge < -0.3 is 10.2 Å².